The lowest BCUT2D eigenvalue weighted by Crippen LogP contribution is -1.92. The fourth-order valence-corrected chi connectivity index (χ4v) is 5.23. The maximum absolute atomic E-state index is 2.39. The zero-order valence-electron chi connectivity index (χ0n) is 16.9. The molecule has 0 atom stereocenters. The van der Waals surface area contributed by atoms with Crippen molar-refractivity contribution >= 4 is 54.1 Å². The van der Waals surface area contributed by atoms with Crippen molar-refractivity contribution in [2.45, 2.75) is 0 Å². The van der Waals surface area contributed by atoms with Crippen LogP contribution in [0.4, 0.5) is 0 Å². The minimum absolute atomic E-state index is 1.19. The highest BCUT2D eigenvalue weighted by Crippen LogP contribution is 2.40. The van der Waals surface area contributed by atoms with Crippen molar-refractivity contribution in [1.82, 2.24) is 4.57 Å². The Morgan fingerprint density at radius 2 is 1.00 bits per heavy atom. The molecular weight excluding hydrogens is 374 g/mol. The van der Waals surface area contributed by atoms with E-state index >= 15 is 0 Å². The molecule has 0 aliphatic carbocycles. The normalized spacial score (nSPS) is 11.9. The average Bonchev–Trinajstić information content (AvgIpc) is 3.19. The van der Waals surface area contributed by atoms with Gasteiger partial charge in [0.1, 0.15) is 0 Å². The Morgan fingerprint density at radius 3 is 1.90 bits per heavy atom. The van der Waals surface area contributed by atoms with E-state index in [1.807, 2.05) is 0 Å². The molecular formula is C30H19N. The van der Waals surface area contributed by atoms with Gasteiger partial charge in [-0.2, -0.15) is 0 Å². The number of hydrogen-bond donors (Lipinski definition) is 0. The fraction of sp³-hybridized carbons (Fsp3) is 0. The van der Waals surface area contributed by atoms with Crippen LogP contribution < -0.4 is 0 Å². The number of nitrogens with zero attached hydrogens (tertiary/aromatic N) is 1. The first-order chi connectivity index (χ1) is 15.4. The van der Waals surface area contributed by atoms with Gasteiger partial charge in [0.25, 0.3) is 0 Å². The molecule has 0 radical (unpaired) electrons. The predicted octanol–water partition coefficient (Wildman–Crippen LogP) is 8.24. The number of aromatic nitrogens is 1. The van der Waals surface area contributed by atoms with Gasteiger partial charge in [-0.25, -0.2) is 0 Å². The van der Waals surface area contributed by atoms with E-state index in [0.29, 0.717) is 0 Å². The molecule has 0 bridgehead atoms. The third-order valence-electron chi connectivity index (χ3n) is 6.55. The SMILES string of the molecule is c1ccc(-n2c3ccccc3c3c4ccc5ccc6ccccc6c5c4ccc32)cc1. The molecule has 1 aromatic heterocycles. The Kier molecular flexibility index (Phi) is 3.33. The van der Waals surface area contributed by atoms with Gasteiger partial charge in [-0.05, 0) is 56.6 Å². The van der Waals surface area contributed by atoms with Gasteiger partial charge in [-0.15, -0.1) is 0 Å². The summed E-state index contributed by atoms with van der Waals surface area (Å²) in [4.78, 5) is 0. The van der Waals surface area contributed by atoms with Gasteiger partial charge >= 0.3 is 0 Å². The molecule has 1 heterocycles. The van der Waals surface area contributed by atoms with Crippen LogP contribution >= 0.6 is 0 Å². The van der Waals surface area contributed by atoms with Crippen molar-refractivity contribution in [3.05, 3.63) is 115 Å². The Bertz CT molecular complexity index is 1770. The molecule has 7 aromatic rings. The van der Waals surface area contributed by atoms with Crippen LogP contribution in [0.2, 0.25) is 0 Å². The van der Waals surface area contributed by atoms with E-state index in [9.17, 15) is 0 Å². The summed E-state index contributed by atoms with van der Waals surface area (Å²) in [7, 11) is 0. The first-order valence-electron chi connectivity index (χ1n) is 10.7. The summed E-state index contributed by atoms with van der Waals surface area (Å²) in [5.41, 5.74) is 3.69. The van der Waals surface area contributed by atoms with Gasteiger partial charge < -0.3 is 4.57 Å². The van der Waals surface area contributed by atoms with Crippen molar-refractivity contribution in [1.29, 1.82) is 0 Å². The van der Waals surface area contributed by atoms with E-state index in [-0.39, 0.29) is 0 Å². The van der Waals surface area contributed by atoms with Gasteiger partial charge in [0.15, 0.2) is 0 Å². The summed E-state index contributed by atoms with van der Waals surface area (Å²) < 4.78 is 2.39. The second-order valence-electron chi connectivity index (χ2n) is 8.19. The van der Waals surface area contributed by atoms with Crippen LogP contribution in [-0.4, -0.2) is 4.57 Å². The highest BCUT2D eigenvalue weighted by atomic mass is 15.0. The van der Waals surface area contributed by atoms with Crippen molar-refractivity contribution < 1.29 is 0 Å². The van der Waals surface area contributed by atoms with Crippen molar-refractivity contribution in [2.24, 2.45) is 0 Å². The quantitative estimate of drug-likeness (QED) is 0.247. The van der Waals surface area contributed by atoms with Gasteiger partial charge in [0.05, 0.1) is 11.0 Å². The summed E-state index contributed by atoms with van der Waals surface area (Å²) in [5.74, 6) is 0. The number of fused-ring (bicyclic) bond motifs is 9. The summed E-state index contributed by atoms with van der Waals surface area (Å²) in [6.45, 7) is 0. The van der Waals surface area contributed by atoms with Crippen LogP contribution in [-0.2, 0) is 0 Å². The first kappa shape index (κ1) is 16.7. The van der Waals surface area contributed by atoms with E-state index in [4.69, 9.17) is 0 Å². The molecule has 0 saturated carbocycles. The predicted molar refractivity (Wildman–Crippen MR) is 133 cm³/mol. The van der Waals surface area contributed by atoms with E-state index in [1.54, 1.807) is 0 Å². The van der Waals surface area contributed by atoms with E-state index in [0.717, 1.165) is 0 Å². The Hall–Kier alpha value is -4.10. The lowest BCUT2D eigenvalue weighted by Gasteiger charge is -2.10. The minimum Gasteiger partial charge on any atom is -0.309 e. The zero-order valence-corrected chi connectivity index (χ0v) is 16.9. The maximum atomic E-state index is 2.39. The van der Waals surface area contributed by atoms with Gasteiger partial charge in [-0.3, -0.25) is 0 Å². The molecule has 0 unspecified atom stereocenters. The van der Waals surface area contributed by atoms with Crippen LogP contribution in [0.1, 0.15) is 0 Å². The van der Waals surface area contributed by atoms with Crippen LogP contribution in [0.15, 0.2) is 115 Å². The summed E-state index contributed by atoms with van der Waals surface area (Å²) >= 11 is 0. The number of para-hydroxylation sites is 2. The average molecular weight is 393 g/mol. The van der Waals surface area contributed by atoms with E-state index in [1.165, 1.54) is 59.8 Å². The molecule has 31 heavy (non-hydrogen) atoms. The van der Waals surface area contributed by atoms with Gasteiger partial charge in [0, 0.05) is 16.5 Å². The smallest absolute Gasteiger partial charge is 0.0547 e. The molecule has 0 spiro atoms. The monoisotopic (exact) mass is 393 g/mol. The van der Waals surface area contributed by atoms with Crippen LogP contribution in [0.3, 0.4) is 0 Å². The minimum atomic E-state index is 1.19. The first-order valence-corrected chi connectivity index (χ1v) is 10.7. The Balaban J connectivity index is 1.73. The summed E-state index contributed by atoms with van der Waals surface area (Å²) in [6, 6.07) is 41.8. The number of benzene rings is 6. The Morgan fingerprint density at radius 1 is 0.355 bits per heavy atom. The van der Waals surface area contributed by atoms with Crippen LogP contribution in [0.25, 0.3) is 59.8 Å². The molecule has 144 valence electrons. The third-order valence-corrected chi connectivity index (χ3v) is 6.55. The lowest BCUT2D eigenvalue weighted by atomic mass is 9.94. The van der Waals surface area contributed by atoms with E-state index < -0.39 is 0 Å². The highest BCUT2D eigenvalue weighted by molar-refractivity contribution is 6.29. The van der Waals surface area contributed by atoms with Crippen molar-refractivity contribution in [2.75, 3.05) is 0 Å². The highest BCUT2D eigenvalue weighted by Gasteiger charge is 2.15. The second-order valence-corrected chi connectivity index (χ2v) is 8.19. The van der Waals surface area contributed by atoms with E-state index in [2.05, 4.69) is 120 Å². The molecule has 1 nitrogen and oxygen atoms in total. The molecule has 0 aliphatic heterocycles. The van der Waals surface area contributed by atoms with Crippen LogP contribution in [0.5, 0.6) is 0 Å². The van der Waals surface area contributed by atoms with Crippen LogP contribution in [0, 0.1) is 0 Å². The molecule has 0 fully saturated rings. The molecule has 6 aromatic carbocycles. The Labute approximate surface area is 179 Å². The molecule has 0 N–H and O–H groups in total. The fourth-order valence-electron chi connectivity index (χ4n) is 5.23. The molecule has 0 aliphatic rings. The number of hydrogen-bond acceptors (Lipinski definition) is 0. The summed E-state index contributed by atoms with van der Waals surface area (Å²) in [5, 5.41) is 10.5. The molecule has 0 saturated heterocycles. The standard InChI is InChI=1S/C30H19N/c1-2-9-22(10-3-1)31-27-13-7-6-12-26(27)30-25-17-16-21-15-14-20-8-4-5-11-23(20)29(21)24(25)18-19-28(30)31/h1-19H. The molecule has 1 heteroatoms. The maximum Gasteiger partial charge on any atom is 0.0547 e. The third kappa shape index (κ3) is 2.26. The number of rotatable bonds is 1. The van der Waals surface area contributed by atoms with Crippen molar-refractivity contribution in [3.63, 3.8) is 0 Å². The topological polar surface area (TPSA) is 4.93 Å². The summed E-state index contributed by atoms with van der Waals surface area (Å²) in [6.07, 6.45) is 0. The second kappa shape index (κ2) is 6.20. The molecule has 7 rings (SSSR count). The van der Waals surface area contributed by atoms with Gasteiger partial charge in [0.2, 0.25) is 0 Å². The molecule has 0 amide bonds. The van der Waals surface area contributed by atoms with Gasteiger partial charge in [-0.1, -0.05) is 91.0 Å². The largest absolute Gasteiger partial charge is 0.309 e. The lowest BCUT2D eigenvalue weighted by molar-refractivity contribution is 1.18. The van der Waals surface area contributed by atoms with Crippen molar-refractivity contribution in [3.8, 4) is 5.69 Å². The zero-order chi connectivity index (χ0) is 20.4.